The number of hydrogen-bond acceptors (Lipinski definition) is 6. The normalized spacial score (nSPS) is 11.2. The molecule has 21 heavy (non-hydrogen) atoms. The Kier molecular flexibility index (Phi) is 4.42. The monoisotopic (exact) mass is 305 g/mol. The largest absolute Gasteiger partial charge is 0.481 e. The van der Waals surface area contributed by atoms with Crippen LogP contribution in [0.4, 0.5) is 0 Å². The van der Waals surface area contributed by atoms with Gasteiger partial charge in [-0.1, -0.05) is 0 Å². The van der Waals surface area contributed by atoms with Gasteiger partial charge in [0.15, 0.2) is 0 Å². The number of aromatic nitrogens is 3. The van der Waals surface area contributed by atoms with Crippen LogP contribution in [0.5, 0.6) is 5.88 Å². The van der Waals surface area contributed by atoms with Crippen LogP contribution in [0.25, 0.3) is 11.3 Å². The maximum atomic E-state index is 11.3. The Labute approximate surface area is 126 Å². The Bertz CT molecular complexity index is 644. The maximum Gasteiger partial charge on any atom is 0.319 e. The molecule has 0 aliphatic carbocycles. The number of hydrogen-bond donors (Lipinski definition) is 1. The van der Waals surface area contributed by atoms with Crippen molar-refractivity contribution in [3.8, 4) is 17.1 Å². The molecule has 110 valence electrons. The van der Waals surface area contributed by atoms with Crippen molar-refractivity contribution in [1.29, 1.82) is 0 Å². The number of nitrogens with zero attached hydrogens (tertiary/aromatic N) is 3. The lowest BCUT2D eigenvalue weighted by atomic mass is 10.2. The molecule has 0 saturated carbocycles. The number of pyridine rings is 1. The molecular weight excluding hydrogens is 290 g/mol. The van der Waals surface area contributed by atoms with Crippen LogP contribution in [0.3, 0.4) is 0 Å². The predicted molar refractivity (Wildman–Crippen MR) is 79.4 cm³/mol. The van der Waals surface area contributed by atoms with E-state index in [0.29, 0.717) is 16.5 Å². The molecular formula is C14H15N3O3S. The predicted octanol–water partition coefficient (Wildman–Crippen LogP) is 2.50. The van der Waals surface area contributed by atoms with Gasteiger partial charge in [0, 0.05) is 24.0 Å². The van der Waals surface area contributed by atoms with Gasteiger partial charge in [-0.15, -0.1) is 11.8 Å². The highest BCUT2D eigenvalue weighted by Crippen LogP contribution is 2.37. The molecule has 0 aliphatic rings. The summed E-state index contributed by atoms with van der Waals surface area (Å²) in [6, 6.07) is 3.56. The van der Waals surface area contributed by atoms with Gasteiger partial charge in [-0.3, -0.25) is 4.79 Å². The molecule has 0 bridgehead atoms. The second-order valence-electron chi connectivity index (χ2n) is 4.74. The van der Waals surface area contributed by atoms with Crippen molar-refractivity contribution in [3.63, 3.8) is 0 Å². The molecule has 0 saturated heterocycles. The number of carbonyl (C=O) groups is 1. The van der Waals surface area contributed by atoms with Crippen LogP contribution in [0.2, 0.25) is 0 Å². The van der Waals surface area contributed by atoms with Gasteiger partial charge in [-0.25, -0.2) is 15.0 Å². The molecule has 1 N–H and O–H groups in total. The summed E-state index contributed by atoms with van der Waals surface area (Å²) in [5.74, 6) is -0.386. The van der Waals surface area contributed by atoms with Crippen molar-refractivity contribution in [2.45, 2.75) is 23.5 Å². The Balaban J connectivity index is 2.38. The van der Waals surface area contributed by atoms with E-state index in [1.807, 2.05) is 6.07 Å². The van der Waals surface area contributed by atoms with Crippen LogP contribution in [0.15, 0.2) is 35.7 Å². The highest BCUT2D eigenvalue weighted by Gasteiger charge is 2.30. The summed E-state index contributed by atoms with van der Waals surface area (Å²) in [6.45, 7) is 3.28. The molecule has 0 aliphatic heterocycles. The van der Waals surface area contributed by atoms with E-state index in [2.05, 4.69) is 15.0 Å². The van der Waals surface area contributed by atoms with Crippen molar-refractivity contribution in [2.24, 2.45) is 0 Å². The average molecular weight is 305 g/mol. The van der Waals surface area contributed by atoms with Crippen LogP contribution >= 0.6 is 11.8 Å². The summed E-state index contributed by atoms with van der Waals surface area (Å²) in [6.07, 6.45) is 4.68. The average Bonchev–Trinajstić information content (AvgIpc) is 2.47. The van der Waals surface area contributed by atoms with Gasteiger partial charge < -0.3 is 9.84 Å². The third-order valence-corrected chi connectivity index (χ3v) is 3.98. The molecule has 0 atom stereocenters. The lowest BCUT2D eigenvalue weighted by molar-refractivity contribution is -0.138. The molecule has 2 rings (SSSR count). The molecule has 0 aromatic carbocycles. The zero-order valence-electron chi connectivity index (χ0n) is 11.9. The van der Waals surface area contributed by atoms with E-state index in [1.54, 1.807) is 39.4 Å². The van der Waals surface area contributed by atoms with E-state index in [1.165, 1.54) is 18.1 Å². The summed E-state index contributed by atoms with van der Waals surface area (Å²) in [4.78, 5) is 24.3. The number of ether oxygens (including phenoxy) is 1. The minimum absolute atomic E-state index is 0.507. The summed E-state index contributed by atoms with van der Waals surface area (Å²) in [5, 5.41) is 9.24. The first-order valence-corrected chi connectivity index (χ1v) is 6.98. The van der Waals surface area contributed by atoms with E-state index in [0.717, 1.165) is 5.56 Å². The second kappa shape index (κ2) is 6.09. The molecule has 2 aromatic heterocycles. The molecule has 0 unspecified atom stereocenters. The minimum atomic E-state index is -0.973. The van der Waals surface area contributed by atoms with Crippen molar-refractivity contribution >= 4 is 17.7 Å². The maximum absolute atomic E-state index is 11.3. The summed E-state index contributed by atoms with van der Waals surface area (Å²) < 4.78 is 4.05. The lowest BCUT2D eigenvalue weighted by Gasteiger charge is -2.19. The zero-order valence-corrected chi connectivity index (χ0v) is 12.7. The van der Waals surface area contributed by atoms with Crippen LogP contribution < -0.4 is 4.74 Å². The smallest absolute Gasteiger partial charge is 0.319 e. The molecule has 0 amide bonds. The van der Waals surface area contributed by atoms with Gasteiger partial charge in [0.1, 0.15) is 11.1 Å². The van der Waals surface area contributed by atoms with Crippen molar-refractivity contribution in [2.75, 3.05) is 7.11 Å². The quantitative estimate of drug-likeness (QED) is 0.849. The molecule has 6 nitrogen and oxygen atoms in total. The van der Waals surface area contributed by atoms with E-state index >= 15 is 0 Å². The fraction of sp³-hybridized carbons (Fsp3) is 0.286. The van der Waals surface area contributed by atoms with Gasteiger partial charge in [0.2, 0.25) is 5.88 Å². The van der Waals surface area contributed by atoms with E-state index in [-0.39, 0.29) is 0 Å². The lowest BCUT2D eigenvalue weighted by Crippen LogP contribution is -2.27. The Morgan fingerprint density at radius 3 is 2.62 bits per heavy atom. The number of rotatable bonds is 5. The first kappa shape index (κ1) is 15.2. The van der Waals surface area contributed by atoms with Gasteiger partial charge in [-0.2, -0.15) is 0 Å². The highest BCUT2D eigenvalue weighted by molar-refractivity contribution is 8.01. The Morgan fingerprint density at radius 2 is 2.05 bits per heavy atom. The molecule has 0 radical (unpaired) electrons. The van der Waals surface area contributed by atoms with E-state index < -0.39 is 10.7 Å². The van der Waals surface area contributed by atoms with Crippen molar-refractivity contribution < 1.29 is 14.6 Å². The van der Waals surface area contributed by atoms with Crippen molar-refractivity contribution in [3.05, 3.63) is 30.9 Å². The molecule has 2 aromatic rings. The van der Waals surface area contributed by atoms with E-state index in [9.17, 15) is 9.90 Å². The Morgan fingerprint density at radius 1 is 1.29 bits per heavy atom. The number of methoxy groups -OCH3 is 1. The third kappa shape index (κ3) is 3.49. The van der Waals surface area contributed by atoms with Crippen LogP contribution in [-0.2, 0) is 4.79 Å². The number of carboxylic acids is 1. The van der Waals surface area contributed by atoms with E-state index in [4.69, 9.17) is 4.74 Å². The fourth-order valence-electron chi connectivity index (χ4n) is 1.57. The summed E-state index contributed by atoms with van der Waals surface area (Å²) in [7, 11) is 1.54. The number of thioether (sulfide) groups is 1. The zero-order chi connectivity index (χ0) is 15.5. The number of carboxylic acid groups (broad SMARTS) is 1. The van der Waals surface area contributed by atoms with Crippen molar-refractivity contribution in [1.82, 2.24) is 15.0 Å². The molecule has 7 heteroatoms. The third-order valence-electron chi connectivity index (χ3n) is 2.78. The van der Waals surface area contributed by atoms with Gasteiger partial charge in [0.05, 0.1) is 17.7 Å². The standard InChI is InChI=1S/C14H15N3O3S/c1-14(2,13(18)19)21-10-7-15-8-17-12(10)9-4-5-11(20-3)16-6-9/h4-8H,1-3H3,(H,18,19). The highest BCUT2D eigenvalue weighted by atomic mass is 32.2. The first-order chi connectivity index (χ1) is 9.94. The Hall–Kier alpha value is -2.15. The number of aliphatic carboxylic acids is 1. The summed E-state index contributed by atoms with van der Waals surface area (Å²) >= 11 is 1.20. The van der Waals surface area contributed by atoms with Gasteiger partial charge in [0.25, 0.3) is 0 Å². The minimum Gasteiger partial charge on any atom is -0.481 e. The van der Waals surface area contributed by atoms with Crippen LogP contribution in [0, 0.1) is 0 Å². The van der Waals surface area contributed by atoms with Crippen LogP contribution in [0.1, 0.15) is 13.8 Å². The SMILES string of the molecule is COc1ccc(-c2ncncc2SC(C)(C)C(=O)O)cn1. The molecule has 0 spiro atoms. The molecule has 0 fully saturated rings. The first-order valence-electron chi connectivity index (χ1n) is 6.17. The molecule has 2 heterocycles. The second-order valence-corrected chi connectivity index (χ2v) is 6.41. The van der Waals surface area contributed by atoms with Gasteiger partial charge in [-0.05, 0) is 19.9 Å². The summed E-state index contributed by atoms with van der Waals surface area (Å²) in [5.41, 5.74) is 1.43. The van der Waals surface area contributed by atoms with Gasteiger partial charge >= 0.3 is 5.97 Å². The van der Waals surface area contributed by atoms with Crippen LogP contribution in [-0.4, -0.2) is 37.9 Å². The topological polar surface area (TPSA) is 85.2 Å². The fourth-order valence-corrected chi connectivity index (χ4v) is 2.59.